The lowest BCUT2D eigenvalue weighted by atomic mass is 10.1. The quantitative estimate of drug-likeness (QED) is 0.791. The summed E-state index contributed by atoms with van der Waals surface area (Å²) >= 11 is 0. The second-order valence-electron chi connectivity index (χ2n) is 6.13. The van der Waals surface area contributed by atoms with Gasteiger partial charge in [0, 0.05) is 17.2 Å². The summed E-state index contributed by atoms with van der Waals surface area (Å²) in [4.78, 5) is 16.2. The van der Waals surface area contributed by atoms with Gasteiger partial charge in [-0.05, 0) is 18.4 Å². The molecule has 0 spiro atoms. The number of benzene rings is 1. The Bertz CT molecular complexity index is 685. The predicted octanol–water partition coefficient (Wildman–Crippen LogP) is 2.39. The van der Waals surface area contributed by atoms with Gasteiger partial charge in [0.15, 0.2) is 5.82 Å². The Kier molecular flexibility index (Phi) is 6.66. The number of nitrogens with zero attached hydrogens (tertiary/aromatic N) is 2. The van der Waals surface area contributed by atoms with E-state index >= 15 is 0 Å². The molecule has 1 N–H and O–H groups in total. The third kappa shape index (κ3) is 5.88. The first-order valence-electron chi connectivity index (χ1n) is 7.94. The molecule has 6 nitrogen and oxygen atoms in total. The number of aromatic nitrogens is 2. The van der Waals surface area contributed by atoms with E-state index < -0.39 is 10.8 Å². The fourth-order valence-electron chi connectivity index (χ4n) is 2.23. The first-order valence-corrected chi connectivity index (χ1v) is 9.43. The zero-order valence-corrected chi connectivity index (χ0v) is 15.0. The van der Waals surface area contributed by atoms with Crippen molar-refractivity contribution in [2.45, 2.75) is 39.0 Å². The minimum absolute atomic E-state index is 0.0781. The van der Waals surface area contributed by atoms with Crippen LogP contribution >= 0.6 is 0 Å². The van der Waals surface area contributed by atoms with Crippen LogP contribution in [0.15, 0.2) is 34.9 Å². The van der Waals surface area contributed by atoms with Crippen LogP contribution in [0.3, 0.4) is 0 Å². The average molecular weight is 349 g/mol. The molecule has 0 unspecified atom stereocenters. The first kappa shape index (κ1) is 18.3. The fraction of sp³-hybridized carbons (Fsp3) is 0.471. The van der Waals surface area contributed by atoms with E-state index in [9.17, 15) is 9.00 Å². The molecule has 1 heterocycles. The lowest BCUT2D eigenvalue weighted by molar-refractivity contribution is -0.119. The zero-order chi connectivity index (χ0) is 17.5. The van der Waals surface area contributed by atoms with Gasteiger partial charge in [0.1, 0.15) is 5.75 Å². The fourth-order valence-corrected chi connectivity index (χ4v) is 3.11. The average Bonchev–Trinajstić information content (AvgIpc) is 2.93. The molecule has 7 heteroatoms. The first-order chi connectivity index (χ1) is 11.4. The molecule has 0 aliphatic heterocycles. The van der Waals surface area contributed by atoms with E-state index in [-0.39, 0.29) is 23.5 Å². The highest BCUT2D eigenvalue weighted by atomic mass is 32.2. The highest BCUT2D eigenvalue weighted by molar-refractivity contribution is 7.84. The van der Waals surface area contributed by atoms with E-state index in [4.69, 9.17) is 4.52 Å². The van der Waals surface area contributed by atoms with Crippen molar-refractivity contribution in [2.24, 2.45) is 5.92 Å². The summed E-state index contributed by atoms with van der Waals surface area (Å²) in [5.74, 6) is 1.12. The van der Waals surface area contributed by atoms with E-state index in [0.29, 0.717) is 24.1 Å². The van der Waals surface area contributed by atoms with E-state index in [2.05, 4.69) is 29.3 Å². The maximum atomic E-state index is 12.1. The molecule has 130 valence electrons. The maximum Gasteiger partial charge on any atom is 0.233 e. The molecule has 0 bridgehead atoms. The molecule has 0 fully saturated rings. The number of hydrogen-bond acceptors (Lipinski definition) is 5. The molecule has 0 radical (unpaired) electrons. The van der Waals surface area contributed by atoms with Crippen LogP contribution in [0.25, 0.3) is 0 Å². The molecule has 0 aliphatic carbocycles. The van der Waals surface area contributed by atoms with E-state index in [0.717, 1.165) is 5.56 Å². The normalized spacial score (nSPS) is 13.7. The Morgan fingerprint density at radius 3 is 2.62 bits per heavy atom. The third-order valence-electron chi connectivity index (χ3n) is 3.35. The molecule has 1 amide bonds. The van der Waals surface area contributed by atoms with Crippen LogP contribution in [0.5, 0.6) is 0 Å². The number of hydrogen-bond donors (Lipinski definition) is 1. The van der Waals surface area contributed by atoms with Crippen molar-refractivity contribution in [3.8, 4) is 0 Å². The van der Waals surface area contributed by atoms with Gasteiger partial charge in [0.25, 0.3) is 0 Å². The molecule has 2 rings (SSSR count). The van der Waals surface area contributed by atoms with Gasteiger partial charge in [-0.2, -0.15) is 4.98 Å². The highest BCUT2D eigenvalue weighted by Gasteiger charge is 2.15. The van der Waals surface area contributed by atoms with E-state index in [1.807, 2.05) is 37.3 Å². The second kappa shape index (κ2) is 8.73. The Balaban J connectivity index is 1.81. The van der Waals surface area contributed by atoms with Crippen LogP contribution in [0.4, 0.5) is 0 Å². The summed E-state index contributed by atoms with van der Waals surface area (Å²) in [7, 11) is -1.37. The molecule has 24 heavy (non-hydrogen) atoms. The smallest absolute Gasteiger partial charge is 0.233 e. The van der Waals surface area contributed by atoms with Crippen LogP contribution in [0.2, 0.25) is 0 Å². The molecule has 0 saturated carbocycles. The van der Waals surface area contributed by atoms with E-state index in [1.54, 1.807) is 0 Å². The molecule has 1 aromatic carbocycles. The van der Waals surface area contributed by atoms with Crippen molar-refractivity contribution in [1.82, 2.24) is 15.5 Å². The highest BCUT2D eigenvalue weighted by Crippen LogP contribution is 2.11. The van der Waals surface area contributed by atoms with Crippen LogP contribution in [0, 0.1) is 5.92 Å². The molecule has 0 aliphatic rings. The Labute approximate surface area is 144 Å². The van der Waals surface area contributed by atoms with Crippen LogP contribution < -0.4 is 5.32 Å². The zero-order valence-electron chi connectivity index (χ0n) is 14.2. The molecular formula is C17H23N3O3S. The van der Waals surface area contributed by atoms with Crippen LogP contribution in [0.1, 0.15) is 44.1 Å². The summed E-state index contributed by atoms with van der Waals surface area (Å²) in [6, 6.07) is 9.52. The van der Waals surface area contributed by atoms with E-state index in [1.165, 1.54) is 0 Å². The third-order valence-corrected chi connectivity index (χ3v) is 4.52. The Morgan fingerprint density at radius 1 is 1.25 bits per heavy atom. The van der Waals surface area contributed by atoms with Gasteiger partial charge in [0.05, 0.1) is 11.8 Å². The summed E-state index contributed by atoms with van der Waals surface area (Å²) in [6.45, 7) is 6.01. The van der Waals surface area contributed by atoms with Gasteiger partial charge >= 0.3 is 0 Å². The Hall–Kier alpha value is -2.02. The van der Waals surface area contributed by atoms with Gasteiger partial charge < -0.3 is 9.84 Å². The number of carbonyl (C=O) groups is 1. The van der Waals surface area contributed by atoms with Crippen molar-refractivity contribution in [3.63, 3.8) is 0 Å². The summed E-state index contributed by atoms with van der Waals surface area (Å²) in [5, 5.41) is 6.66. The Morgan fingerprint density at radius 2 is 1.96 bits per heavy atom. The van der Waals surface area contributed by atoms with Crippen molar-refractivity contribution >= 4 is 16.7 Å². The number of nitrogens with one attached hydrogen (secondary N) is 1. The predicted molar refractivity (Wildman–Crippen MR) is 92.6 cm³/mol. The minimum Gasteiger partial charge on any atom is -0.349 e. The van der Waals surface area contributed by atoms with Crippen molar-refractivity contribution in [2.75, 3.05) is 5.75 Å². The monoisotopic (exact) mass is 349 g/mol. The van der Waals surface area contributed by atoms with Gasteiger partial charge in [-0.25, -0.2) is 0 Å². The number of carbonyl (C=O) groups excluding carboxylic acids is 1. The maximum absolute atomic E-state index is 12.1. The van der Waals surface area contributed by atoms with Crippen LogP contribution in [-0.2, 0) is 27.8 Å². The lowest BCUT2D eigenvalue weighted by Gasteiger charge is -2.13. The van der Waals surface area contributed by atoms with Gasteiger partial charge in [0.2, 0.25) is 11.8 Å². The second-order valence-corrected chi connectivity index (χ2v) is 7.59. The number of rotatable bonds is 8. The van der Waals surface area contributed by atoms with Crippen molar-refractivity contribution in [1.29, 1.82) is 0 Å². The largest absolute Gasteiger partial charge is 0.349 e. The molecule has 2 atom stereocenters. The lowest BCUT2D eigenvalue weighted by Crippen LogP contribution is -2.31. The van der Waals surface area contributed by atoms with Gasteiger partial charge in [-0.15, -0.1) is 0 Å². The summed E-state index contributed by atoms with van der Waals surface area (Å²) < 4.78 is 17.2. The topological polar surface area (TPSA) is 85.1 Å². The van der Waals surface area contributed by atoms with Crippen molar-refractivity contribution in [3.05, 3.63) is 47.6 Å². The molecule has 0 saturated heterocycles. The summed E-state index contributed by atoms with van der Waals surface area (Å²) in [6.07, 6.45) is 0.689. The van der Waals surface area contributed by atoms with Crippen LogP contribution in [-0.4, -0.2) is 26.0 Å². The SMILES string of the molecule is CC(C)Cc1nc(C[S@](=O)CC(=O)N[C@@H](C)c2ccccc2)no1. The summed E-state index contributed by atoms with van der Waals surface area (Å²) in [5.41, 5.74) is 1.01. The van der Waals surface area contributed by atoms with Crippen molar-refractivity contribution < 1.29 is 13.5 Å². The number of amides is 1. The van der Waals surface area contributed by atoms with Gasteiger partial charge in [-0.1, -0.05) is 49.3 Å². The standard InChI is InChI=1S/C17H23N3O3S/c1-12(2)9-17-19-15(20-23-17)10-24(22)11-16(21)18-13(3)14-7-5-4-6-8-14/h4-8,12-13H,9-11H2,1-3H3,(H,18,21)/t13-,24-/m0/s1. The van der Waals surface area contributed by atoms with Gasteiger partial charge in [-0.3, -0.25) is 9.00 Å². The molecular weight excluding hydrogens is 326 g/mol. The molecule has 2 aromatic rings. The minimum atomic E-state index is -1.37. The molecule has 1 aromatic heterocycles.